The predicted molar refractivity (Wildman–Crippen MR) is 40.4 cm³/mol. The van der Waals surface area contributed by atoms with Gasteiger partial charge in [0.25, 0.3) is 0 Å². The summed E-state index contributed by atoms with van der Waals surface area (Å²) in [4.78, 5) is 0. The maximum atomic E-state index is 10.9. The summed E-state index contributed by atoms with van der Waals surface area (Å²) in [5, 5.41) is 0. The minimum Gasteiger partial charge on any atom is -0.468 e. The summed E-state index contributed by atoms with van der Waals surface area (Å²) in [6.07, 6.45) is 1.44. The third kappa shape index (κ3) is 2.36. The van der Waals surface area contributed by atoms with Gasteiger partial charge >= 0.3 is 0 Å². The molecule has 0 saturated heterocycles. The topological polar surface area (TPSA) is 59.3 Å². The summed E-state index contributed by atoms with van der Waals surface area (Å²) in [7, 11) is -1.81. The minimum atomic E-state index is -3.19. The Bertz CT molecular complexity index is 301. The fourth-order valence-corrected chi connectivity index (χ4v) is 1.34. The molecular formula is C6H9NO3S. The summed E-state index contributed by atoms with van der Waals surface area (Å²) in [6, 6.07) is 3.27. The Morgan fingerprint density at radius 2 is 2.36 bits per heavy atom. The van der Waals surface area contributed by atoms with Gasteiger partial charge in [-0.2, -0.15) is 0 Å². The molecule has 0 aromatic carbocycles. The molecule has 0 saturated carbocycles. The van der Waals surface area contributed by atoms with E-state index in [1.807, 2.05) is 0 Å². The molecule has 0 radical (unpaired) electrons. The highest BCUT2D eigenvalue weighted by Crippen LogP contribution is 2.03. The number of nitrogens with one attached hydrogen (secondary N) is 1. The highest BCUT2D eigenvalue weighted by molar-refractivity contribution is 7.88. The van der Waals surface area contributed by atoms with Crippen molar-refractivity contribution in [3.05, 3.63) is 24.2 Å². The van der Waals surface area contributed by atoms with Crippen molar-refractivity contribution in [2.45, 2.75) is 5.75 Å². The van der Waals surface area contributed by atoms with Gasteiger partial charge < -0.3 is 4.42 Å². The summed E-state index contributed by atoms with van der Waals surface area (Å²) in [5.74, 6) is 0.343. The molecule has 1 heterocycles. The van der Waals surface area contributed by atoms with Gasteiger partial charge in [-0.1, -0.05) is 0 Å². The van der Waals surface area contributed by atoms with Crippen molar-refractivity contribution in [2.24, 2.45) is 0 Å². The van der Waals surface area contributed by atoms with Crippen molar-refractivity contribution in [1.29, 1.82) is 0 Å². The Balaban J connectivity index is 2.72. The van der Waals surface area contributed by atoms with Gasteiger partial charge in [-0.05, 0) is 19.2 Å². The molecule has 0 aliphatic rings. The van der Waals surface area contributed by atoms with E-state index in [1.165, 1.54) is 13.3 Å². The van der Waals surface area contributed by atoms with Crippen molar-refractivity contribution in [3.8, 4) is 0 Å². The summed E-state index contributed by atoms with van der Waals surface area (Å²) < 4.78 is 28.8. The van der Waals surface area contributed by atoms with Crippen LogP contribution in [0.3, 0.4) is 0 Å². The van der Waals surface area contributed by atoms with Crippen molar-refractivity contribution < 1.29 is 12.8 Å². The smallest absolute Gasteiger partial charge is 0.218 e. The molecule has 62 valence electrons. The van der Waals surface area contributed by atoms with Crippen LogP contribution in [0.4, 0.5) is 0 Å². The Kier molecular flexibility index (Phi) is 2.31. The SMILES string of the molecule is CNS(=O)(=O)Cc1ccco1. The quantitative estimate of drug-likeness (QED) is 0.720. The number of furan rings is 1. The molecule has 1 aromatic heterocycles. The maximum absolute atomic E-state index is 10.9. The standard InChI is InChI=1S/C6H9NO3S/c1-7-11(8,9)5-6-3-2-4-10-6/h2-4,7H,5H2,1H3. The lowest BCUT2D eigenvalue weighted by atomic mass is 10.5. The molecule has 11 heavy (non-hydrogen) atoms. The number of hydrogen-bond donors (Lipinski definition) is 1. The van der Waals surface area contributed by atoms with Gasteiger partial charge in [-0.3, -0.25) is 0 Å². The van der Waals surface area contributed by atoms with E-state index < -0.39 is 10.0 Å². The third-order valence-corrected chi connectivity index (χ3v) is 2.51. The van der Waals surface area contributed by atoms with E-state index in [0.717, 1.165) is 0 Å². The molecule has 4 nitrogen and oxygen atoms in total. The van der Waals surface area contributed by atoms with Gasteiger partial charge in [-0.25, -0.2) is 13.1 Å². The first-order valence-corrected chi connectivity index (χ1v) is 4.73. The summed E-state index contributed by atoms with van der Waals surface area (Å²) in [6.45, 7) is 0. The van der Waals surface area contributed by atoms with Crippen LogP contribution in [0, 0.1) is 0 Å². The number of hydrogen-bond acceptors (Lipinski definition) is 3. The first-order valence-electron chi connectivity index (χ1n) is 3.07. The first kappa shape index (κ1) is 8.29. The van der Waals surface area contributed by atoms with Crippen molar-refractivity contribution in [2.75, 3.05) is 7.05 Å². The molecule has 1 N–H and O–H groups in total. The lowest BCUT2D eigenvalue weighted by Crippen LogP contribution is -2.19. The molecule has 1 rings (SSSR count). The molecule has 0 amide bonds. The molecule has 0 spiro atoms. The number of rotatable bonds is 3. The fourth-order valence-electron chi connectivity index (χ4n) is 0.654. The lowest BCUT2D eigenvalue weighted by molar-refractivity contribution is 0.519. The van der Waals surface area contributed by atoms with E-state index >= 15 is 0 Å². The van der Waals surface area contributed by atoms with E-state index in [2.05, 4.69) is 4.72 Å². The van der Waals surface area contributed by atoms with Gasteiger partial charge in [-0.15, -0.1) is 0 Å². The van der Waals surface area contributed by atoms with E-state index in [0.29, 0.717) is 5.76 Å². The molecule has 0 unspecified atom stereocenters. The molecule has 0 aliphatic heterocycles. The molecule has 0 aliphatic carbocycles. The van der Waals surface area contributed by atoms with Crippen LogP contribution in [-0.4, -0.2) is 15.5 Å². The molecule has 0 atom stereocenters. The summed E-state index contributed by atoms with van der Waals surface area (Å²) in [5.41, 5.74) is 0. The fraction of sp³-hybridized carbons (Fsp3) is 0.333. The number of sulfonamides is 1. The van der Waals surface area contributed by atoms with Gasteiger partial charge in [0.2, 0.25) is 10.0 Å². The zero-order valence-corrected chi connectivity index (χ0v) is 6.89. The normalized spacial score (nSPS) is 11.7. The van der Waals surface area contributed by atoms with Crippen LogP contribution in [0.25, 0.3) is 0 Å². The Labute approximate surface area is 65.3 Å². The van der Waals surface area contributed by atoms with Gasteiger partial charge in [0.05, 0.1) is 6.26 Å². The second-order valence-corrected chi connectivity index (χ2v) is 3.97. The van der Waals surface area contributed by atoms with Gasteiger partial charge in [0.1, 0.15) is 11.5 Å². The van der Waals surface area contributed by atoms with Crippen molar-refractivity contribution in [1.82, 2.24) is 4.72 Å². The highest BCUT2D eigenvalue weighted by Gasteiger charge is 2.09. The zero-order valence-electron chi connectivity index (χ0n) is 6.07. The monoisotopic (exact) mass is 175 g/mol. The van der Waals surface area contributed by atoms with Crippen LogP contribution >= 0.6 is 0 Å². The van der Waals surface area contributed by atoms with E-state index in [4.69, 9.17) is 4.42 Å². The second kappa shape index (κ2) is 3.06. The molecule has 5 heteroatoms. The van der Waals surface area contributed by atoms with E-state index in [1.54, 1.807) is 12.1 Å². The molecular weight excluding hydrogens is 166 g/mol. The van der Waals surface area contributed by atoms with E-state index in [-0.39, 0.29) is 5.75 Å². The lowest BCUT2D eigenvalue weighted by Gasteiger charge is -1.97. The zero-order chi connectivity index (χ0) is 8.32. The van der Waals surface area contributed by atoms with Crippen LogP contribution in [-0.2, 0) is 15.8 Å². The molecule has 0 bridgehead atoms. The molecule has 1 aromatic rings. The average molecular weight is 175 g/mol. The van der Waals surface area contributed by atoms with Crippen LogP contribution in [0.15, 0.2) is 22.8 Å². The largest absolute Gasteiger partial charge is 0.468 e. The van der Waals surface area contributed by atoms with Crippen LogP contribution in [0.5, 0.6) is 0 Å². The maximum Gasteiger partial charge on any atom is 0.218 e. The van der Waals surface area contributed by atoms with Gasteiger partial charge in [0, 0.05) is 0 Å². The highest BCUT2D eigenvalue weighted by atomic mass is 32.2. The van der Waals surface area contributed by atoms with Crippen LogP contribution in [0.2, 0.25) is 0 Å². The van der Waals surface area contributed by atoms with Crippen LogP contribution in [0.1, 0.15) is 5.76 Å². The minimum absolute atomic E-state index is 0.101. The third-order valence-electron chi connectivity index (χ3n) is 1.22. The first-order chi connectivity index (χ1) is 5.14. The Hall–Kier alpha value is -0.810. The van der Waals surface area contributed by atoms with Crippen molar-refractivity contribution >= 4 is 10.0 Å². The van der Waals surface area contributed by atoms with Crippen molar-refractivity contribution in [3.63, 3.8) is 0 Å². The van der Waals surface area contributed by atoms with Crippen LogP contribution < -0.4 is 4.72 Å². The Morgan fingerprint density at radius 1 is 1.64 bits per heavy atom. The second-order valence-electron chi connectivity index (χ2n) is 2.04. The Morgan fingerprint density at radius 3 is 2.82 bits per heavy atom. The summed E-state index contributed by atoms with van der Waals surface area (Å²) >= 11 is 0. The molecule has 0 fully saturated rings. The average Bonchev–Trinajstić information content (AvgIpc) is 2.39. The van der Waals surface area contributed by atoms with E-state index in [9.17, 15) is 8.42 Å². The van der Waals surface area contributed by atoms with Gasteiger partial charge in [0.15, 0.2) is 0 Å². The predicted octanol–water partition coefficient (Wildman–Crippen LogP) is 0.329.